The lowest BCUT2D eigenvalue weighted by molar-refractivity contribution is -0.174. The molecule has 0 bridgehead atoms. The van der Waals surface area contributed by atoms with Crippen LogP contribution in [0, 0.1) is 5.41 Å². The second-order valence-electron chi connectivity index (χ2n) is 3.93. The van der Waals surface area contributed by atoms with Crippen LogP contribution < -0.4 is 0 Å². The van der Waals surface area contributed by atoms with E-state index in [1.165, 1.54) is 0 Å². The fourth-order valence-corrected chi connectivity index (χ4v) is 1.40. The lowest BCUT2D eigenvalue weighted by atomic mass is 10.0. The molecule has 0 spiro atoms. The fourth-order valence-electron chi connectivity index (χ4n) is 1.40. The first-order valence-corrected chi connectivity index (χ1v) is 4.73. The first-order valence-electron chi connectivity index (χ1n) is 4.73. The van der Waals surface area contributed by atoms with Crippen molar-refractivity contribution in [3.8, 4) is 0 Å². The summed E-state index contributed by atoms with van der Waals surface area (Å²) in [7, 11) is 0. The normalized spacial score (nSPS) is 19.7. The lowest BCUT2D eigenvalue weighted by Crippen LogP contribution is -2.18. The molecule has 2 nitrogen and oxygen atoms in total. The molecule has 5 heteroatoms. The van der Waals surface area contributed by atoms with Gasteiger partial charge in [-0.3, -0.25) is 0 Å². The Morgan fingerprint density at radius 1 is 1.29 bits per heavy atom. The smallest absolute Gasteiger partial charge is 0.396 e. The van der Waals surface area contributed by atoms with Crippen molar-refractivity contribution in [1.29, 1.82) is 0 Å². The third kappa shape index (κ3) is 4.28. The van der Waals surface area contributed by atoms with Gasteiger partial charge in [-0.2, -0.15) is 13.2 Å². The van der Waals surface area contributed by atoms with E-state index in [2.05, 4.69) is 4.74 Å². The van der Waals surface area contributed by atoms with Crippen LogP contribution >= 0.6 is 0 Å². The Labute approximate surface area is 81.1 Å². The summed E-state index contributed by atoms with van der Waals surface area (Å²) in [6.07, 6.45) is -0.891. The molecule has 1 aliphatic rings. The summed E-state index contributed by atoms with van der Waals surface area (Å²) in [6.45, 7) is -0.896. The maximum Gasteiger partial charge on any atom is 0.411 e. The van der Waals surface area contributed by atoms with Gasteiger partial charge in [-0.15, -0.1) is 0 Å². The molecule has 0 atom stereocenters. The quantitative estimate of drug-likeness (QED) is 0.683. The molecule has 1 rings (SSSR count). The van der Waals surface area contributed by atoms with Gasteiger partial charge in [-0.05, 0) is 31.1 Å². The average Bonchev–Trinajstić information content (AvgIpc) is 2.83. The molecule has 0 saturated heterocycles. The summed E-state index contributed by atoms with van der Waals surface area (Å²) < 4.78 is 39.4. The molecular weight excluding hydrogens is 197 g/mol. The van der Waals surface area contributed by atoms with Crippen molar-refractivity contribution < 1.29 is 23.0 Å². The number of alkyl halides is 3. The minimum atomic E-state index is -4.23. The highest BCUT2D eigenvalue weighted by molar-refractivity contribution is 4.91. The zero-order valence-electron chi connectivity index (χ0n) is 7.94. The number of ether oxygens (including phenoxy) is 1. The molecule has 0 aromatic carbocycles. The van der Waals surface area contributed by atoms with Gasteiger partial charge in [0.1, 0.15) is 6.61 Å². The van der Waals surface area contributed by atoms with Crippen LogP contribution in [0.3, 0.4) is 0 Å². The maximum atomic E-state index is 11.6. The Morgan fingerprint density at radius 3 is 2.36 bits per heavy atom. The topological polar surface area (TPSA) is 29.5 Å². The standard InChI is InChI=1S/C9H15F3O2/c10-9(11,12)7-14-5-1-2-8(6-13)3-4-8/h13H,1-7H2. The van der Waals surface area contributed by atoms with E-state index in [0.29, 0.717) is 6.42 Å². The van der Waals surface area contributed by atoms with E-state index in [4.69, 9.17) is 5.11 Å². The number of aliphatic hydroxyl groups excluding tert-OH is 1. The summed E-state index contributed by atoms with van der Waals surface area (Å²) in [5.41, 5.74) is 0.0155. The van der Waals surface area contributed by atoms with Crippen molar-refractivity contribution in [1.82, 2.24) is 0 Å². The predicted molar refractivity (Wildman–Crippen MR) is 44.9 cm³/mol. The predicted octanol–water partition coefficient (Wildman–Crippen LogP) is 2.12. The molecule has 0 aliphatic heterocycles. The Balaban J connectivity index is 1.95. The molecule has 0 heterocycles. The highest BCUT2D eigenvalue weighted by atomic mass is 19.4. The second-order valence-corrected chi connectivity index (χ2v) is 3.93. The van der Waals surface area contributed by atoms with Crippen LogP contribution in [-0.2, 0) is 4.74 Å². The number of hydrogen-bond donors (Lipinski definition) is 1. The minimum absolute atomic E-state index is 0.0155. The monoisotopic (exact) mass is 212 g/mol. The van der Waals surface area contributed by atoms with Gasteiger partial charge in [0.05, 0.1) is 0 Å². The van der Waals surface area contributed by atoms with Crippen LogP contribution in [-0.4, -0.2) is 31.1 Å². The van der Waals surface area contributed by atoms with Crippen molar-refractivity contribution in [2.45, 2.75) is 31.9 Å². The largest absolute Gasteiger partial charge is 0.411 e. The van der Waals surface area contributed by atoms with Crippen LogP contribution in [0.15, 0.2) is 0 Å². The maximum absolute atomic E-state index is 11.6. The lowest BCUT2D eigenvalue weighted by Gasteiger charge is -2.11. The van der Waals surface area contributed by atoms with Crippen LogP contribution in [0.1, 0.15) is 25.7 Å². The SMILES string of the molecule is OCC1(CCCOCC(F)(F)F)CC1. The summed E-state index contributed by atoms with van der Waals surface area (Å²) in [6, 6.07) is 0. The van der Waals surface area contributed by atoms with E-state index >= 15 is 0 Å². The van der Waals surface area contributed by atoms with Gasteiger partial charge in [-0.1, -0.05) is 0 Å². The third-order valence-electron chi connectivity index (χ3n) is 2.55. The molecule has 1 aliphatic carbocycles. The van der Waals surface area contributed by atoms with Crippen molar-refractivity contribution in [2.24, 2.45) is 5.41 Å². The van der Waals surface area contributed by atoms with Gasteiger partial charge < -0.3 is 9.84 Å². The zero-order chi connectivity index (χ0) is 10.7. The second kappa shape index (κ2) is 4.49. The molecule has 84 valence electrons. The van der Waals surface area contributed by atoms with Gasteiger partial charge in [0.2, 0.25) is 0 Å². The minimum Gasteiger partial charge on any atom is -0.396 e. The van der Waals surface area contributed by atoms with Gasteiger partial charge in [0.15, 0.2) is 0 Å². The van der Waals surface area contributed by atoms with E-state index in [9.17, 15) is 13.2 Å². The molecule has 14 heavy (non-hydrogen) atoms. The zero-order valence-corrected chi connectivity index (χ0v) is 7.94. The molecule has 0 unspecified atom stereocenters. The van der Waals surface area contributed by atoms with Crippen molar-refractivity contribution >= 4 is 0 Å². The first kappa shape index (κ1) is 11.8. The number of rotatable bonds is 6. The highest BCUT2D eigenvalue weighted by Gasteiger charge is 2.41. The summed E-state index contributed by atoms with van der Waals surface area (Å²) in [4.78, 5) is 0. The first-order chi connectivity index (χ1) is 6.47. The Kier molecular flexibility index (Phi) is 3.78. The average molecular weight is 212 g/mol. The molecule has 1 fully saturated rings. The van der Waals surface area contributed by atoms with Gasteiger partial charge in [0.25, 0.3) is 0 Å². The van der Waals surface area contributed by atoms with Crippen LogP contribution in [0.25, 0.3) is 0 Å². The Morgan fingerprint density at radius 2 is 1.93 bits per heavy atom. The molecule has 1 saturated carbocycles. The van der Waals surface area contributed by atoms with Gasteiger partial charge in [-0.25, -0.2) is 0 Å². The van der Waals surface area contributed by atoms with E-state index in [-0.39, 0.29) is 18.6 Å². The highest BCUT2D eigenvalue weighted by Crippen LogP contribution is 2.48. The van der Waals surface area contributed by atoms with Crippen LogP contribution in [0.4, 0.5) is 13.2 Å². The van der Waals surface area contributed by atoms with Gasteiger partial charge >= 0.3 is 6.18 Å². The van der Waals surface area contributed by atoms with Crippen LogP contribution in [0.2, 0.25) is 0 Å². The summed E-state index contributed by atoms with van der Waals surface area (Å²) in [5.74, 6) is 0. The number of hydrogen-bond acceptors (Lipinski definition) is 2. The molecule has 0 aromatic rings. The fraction of sp³-hybridized carbons (Fsp3) is 1.00. The third-order valence-corrected chi connectivity index (χ3v) is 2.55. The molecule has 0 radical (unpaired) electrons. The van der Waals surface area contributed by atoms with E-state index in [1.807, 2.05) is 0 Å². The number of halogens is 3. The molecular formula is C9H15F3O2. The van der Waals surface area contributed by atoms with Crippen LogP contribution in [0.5, 0.6) is 0 Å². The molecule has 0 aromatic heterocycles. The van der Waals surface area contributed by atoms with E-state index in [1.54, 1.807) is 0 Å². The van der Waals surface area contributed by atoms with E-state index < -0.39 is 12.8 Å². The number of aliphatic hydroxyl groups is 1. The van der Waals surface area contributed by atoms with Crippen molar-refractivity contribution in [3.05, 3.63) is 0 Å². The van der Waals surface area contributed by atoms with E-state index in [0.717, 1.165) is 19.3 Å². The van der Waals surface area contributed by atoms with Gasteiger partial charge in [0, 0.05) is 13.2 Å². The summed E-state index contributed by atoms with van der Waals surface area (Å²) >= 11 is 0. The molecule has 1 N–H and O–H groups in total. The van der Waals surface area contributed by atoms with Crippen molar-refractivity contribution in [2.75, 3.05) is 19.8 Å². The van der Waals surface area contributed by atoms with Crippen molar-refractivity contribution in [3.63, 3.8) is 0 Å². The Bertz CT molecular complexity index is 175. The summed E-state index contributed by atoms with van der Waals surface area (Å²) in [5, 5.41) is 8.92. The molecule has 0 amide bonds. The Hall–Kier alpha value is -0.290.